The van der Waals surface area contributed by atoms with Crippen LogP contribution in [-0.2, 0) is 6.42 Å². The Balaban J connectivity index is 1.24. The van der Waals surface area contributed by atoms with Crippen molar-refractivity contribution in [3.63, 3.8) is 0 Å². The summed E-state index contributed by atoms with van der Waals surface area (Å²) in [7, 11) is 0. The third-order valence-electron chi connectivity index (χ3n) is 9.23. The number of hydrogen-bond donors (Lipinski definition) is 0. The first-order valence-corrected chi connectivity index (χ1v) is 16.2. The Kier molecular flexibility index (Phi) is 7.46. The summed E-state index contributed by atoms with van der Waals surface area (Å²) < 4.78 is 2.20. The minimum atomic E-state index is 0.589. The maximum atomic E-state index is 10.2. The lowest BCUT2D eigenvalue weighted by atomic mass is 9.96. The minimum absolute atomic E-state index is 0.589. The summed E-state index contributed by atoms with van der Waals surface area (Å²) in [5.74, 6) is 0. The van der Waals surface area contributed by atoms with Gasteiger partial charge in [0.15, 0.2) is 0 Å². The van der Waals surface area contributed by atoms with Crippen LogP contribution in [0.15, 0.2) is 170 Å². The predicted octanol–water partition coefficient (Wildman–Crippen LogP) is 11.2. The third-order valence-corrected chi connectivity index (χ3v) is 9.23. The summed E-state index contributed by atoms with van der Waals surface area (Å²) in [5, 5.41) is 22.4. The average Bonchev–Trinajstić information content (AvgIpc) is 3.52. The van der Waals surface area contributed by atoms with Crippen molar-refractivity contribution >= 4 is 33.2 Å². The van der Waals surface area contributed by atoms with Crippen LogP contribution in [0.5, 0.6) is 0 Å². The monoisotopic (exact) mass is 626 g/mol. The number of rotatable bonds is 4. The van der Waals surface area contributed by atoms with Crippen LogP contribution < -0.4 is 4.90 Å². The van der Waals surface area contributed by atoms with Crippen molar-refractivity contribution in [2.75, 3.05) is 4.90 Å². The number of para-hydroxylation sites is 3. The van der Waals surface area contributed by atoms with Gasteiger partial charge in [-0.2, -0.15) is 10.5 Å². The number of nitriles is 2. The van der Waals surface area contributed by atoms with E-state index in [9.17, 15) is 10.5 Å². The molecule has 0 spiro atoms. The normalized spacial score (nSPS) is 13.9. The molecule has 230 valence electrons. The molecular weight excluding hydrogens is 597 g/mol. The topological polar surface area (TPSA) is 55.8 Å². The highest BCUT2D eigenvalue weighted by Gasteiger charge is 2.21. The molecule has 0 aliphatic carbocycles. The Morgan fingerprint density at radius 1 is 0.571 bits per heavy atom. The lowest BCUT2D eigenvalue weighted by Gasteiger charge is -2.29. The largest absolute Gasteiger partial charge is 0.310 e. The van der Waals surface area contributed by atoms with E-state index in [1.165, 1.54) is 5.56 Å². The second kappa shape index (κ2) is 12.4. The molecule has 1 aromatic heterocycles. The van der Waals surface area contributed by atoms with E-state index >= 15 is 0 Å². The number of allylic oxidation sites excluding steroid dienone is 4. The molecule has 1 aliphatic rings. The molecule has 0 saturated heterocycles. The van der Waals surface area contributed by atoms with Gasteiger partial charge in [-0.05, 0) is 83.3 Å². The van der Waals surface area contributed by atoms with E-state index in [0.717, 1.165) is 73.2 Å². The van der Waals surface area contributed by atoms with Crippen LogP contribution >= 0.6 is 0 Å². The summed E-state index contributed by atoms with van der Waals surface area (Å²) in [5.41, 5.74) is 12.1. The summed E-state index contributed by atoms with van der Waals surface area (Å²) in [4.78, 5) is 2.18. The van der Waals surface area contributed by atoms with Crippen molar-refractivity contribution < 1.29 is 0 Å². The van der Waals surface area contributed by atoms with Crippen molar-refractivity contribution in [3.05, 3.63) is 187 Å². The van der Waals surface area contributed by atoms with E-state index in [1.807, 2.05) is 60.7 Å². The van der Waals surface area contributed by atoms with Gasteiger partial charge in [0, 0.05) is 27.7 Å². The SMILES string of the molecule is C=C1/C=C\C=C/Cc2ccccc2N1c1ccc(C#N)cc1-c1ccc(-c2ccc(C#N)c(-n3c4ccccc4c4ccccc43)c2)cc1. The minimum Gasteiger partial charge on any atom is -0.310 e. The van der Waals surface area contributed by atoms with Gasteiger partial charge in [-0.1, -0.05) is 110 Å². The molecule has 0 bridgehead atoms. The van der Waals surface area contributed by atoms with Gasteiger partial charge in [-0.3, -0.25) is 0 Å². The molecule has 2 heterocycles. The molecule has 49 heavy (non-hydrogen) atoms. The smallest absolute Gasteiger partial charge is 0.101 e. The first-order valence-electron chi connectivity index (χ1n) is 16.2. The summed E-state index contributed by atoms with van der Waals surface area (Å²) >= 11 is 0. The fourth-order valence-corrected chi connectivity index (χ4v) is 6.90. The van der Waals surface area contributed by atoms with E-state index in [2.05, 4.69) is 125 Å². The molecule has 0 amide bonds. The zero-order valence-corrected chi connectivity index (χ0v) is 26.7. The third kappa shape index (κ3) is 5.19. The Labute approximate surface area is 285 Å². The first kappa shape index (κ1) is 29.5. The van der Waals surface area contributed by atoms with Crippen LogP contribution in [0, 0.1) is 22.7 Å². The van der Waals surface area contributed by atoms with Crippen LogP contribution in [-0.4, -0.2) is 4.57 Å². The molecule has 0 fully saturated rings. The number of nitrogens with zero attached hydrogens (tertiary/aromatic N) is 4. The molecule has 0 saturated carbocycles. The lowest BCUT2D eigenvalue weighted by molar-refractivity contribution is 1.16. The Morgan fingerprint density at radius 2 is 1.24 bits per heavy atom. The molecular formula is C45H30N4. The number of fused-ring (bicyclic) bond motifs is 4. The molecule has 0 unspecified atom stereocenters. The van der Waals surface area contributed by atoms with Crippen LogP contribution in [0.2, 0.25) is 0 Å². The van der Waals surface area contributed by atoms with E-state index in [0.29, 0.717) is 11.1 Å². The predicted molar refractivity (Wildman–Crippen MR) is 201 cm³/mol. The summed E-state index contributed by atoms with van der Waals surface area (Å²) in [6, 6.07) is 50.1. The van der Waals surface area contributed by atoms with Crippen LogP contribution in [0.25, 0.3) is 49.7 Å². The maximum absolute atomic E-state index is 10.2. The van der Waals surface area contributed by atoms with E-state index in [-0.39, 0.29) is 0 Å². The molecule has 0 atom stereocenters. The maximum Gasteiger partial charge on any atom is 0.101 e. The number of hydrogen-bond acceptors (Lipinski definition) is 3. The molecule has 4 nitrogen and oxygen atoms in total. The molecule has 6 aromatic carbocycles. The zero-order chi connectivity index (χ0) is 33.3. The van der Waals surface area contributed by atoms with E-state index in [4.69, 9.17) is 0 Å². The highest BCUT2D eigenvalue weighted by molar-refractivity contribution is 6.09. The molecule has 7 aromatic rings. The summed E-state index contributed by atoms with van der Waals surface area (Å²) in [6.45, 7) is 4.44. The zero-order valence-electron chi connectivity index (χ0n) is 26.7. The van der Waals surface area contributed by atoms with Crippen molar-refractivity contribution in [1.82, 2.24) is 4.57 Å². The first-order chi connectivity index (χ1) is 24.1. The lowest BCUT2D eigenvalue weighted by Crippen LogP contribution is -2.17. The average molecular weight is 627 g/mol. The highest BCUT2D eigenvalue weighted by atomic mass is 15.1. The van der Waals surface area contributed by atoms with Gasteiger partial charge in [0.25, 0.3) is 0 Å². The quantitative estimate of drug-likeness (QED) is 0.195. The van der Waals surface area contributed by atoms with Gasteiger partial charge in [-0.25, -0.2) is 0 Å². The molecule has 8 rings (SSSR count). The van der Waals surface area contributed by atoms with Crippen molar-refractivity contribution in [2.24, 2.45) is 0 Å². The Bertz CT molecular complexity index is 2510. The summed E-state index contributed by atoms with van der Waals surface area (Å²) in [6.07, 6.45) is 9.04. The molecule has 0 N–H and O–H groups in total. The number of anilines is 2. The van der Waals surface area contributed by atoms with Crippen molar-refractivity contribution in [2.45, 2.75) is 6.42 Å². The van der Waals surface area contributed by atoms with Crippen LogP contribution in [0.1, 0.15) is 16.7 Å². The van der Waals surface area contributed by atoms with E-state index < -0.39 is 0 Å². The Hall–Kier alpha value is -6.88. The number of benzene rings is 6. The van der Waals surface area contributed by atoms with Gasteiger partial charge in [0.05, 0.1) is 39.6 Å². The molecule has 1 aliphatic heterocycles. The van der Waals surface area contributed by atoms with Gasteiger partial charge in [0.1, 0.15) is 6.07 Å². The fourth-order valence-electron chi connectivity index (χ4n) is 6.90. The van der Waals surface area contributed by atoms with E-state index in [1.54, 1.807) is 0 Å². The van der Waals surface area contributed by atoms with Gasteiger partial charge in [-0.15, -0.1) is 0 Å². The van der Waals surface area contributed by atoms with Crippen LogP contribution in [0.4, 0.5) is 11.4 Å². The van der Waals surface area contributed by atoms with Crippen LogP contribution in [0.3, 0.4) is 0 Å². The van der Waals surface area contributed by atoms with Gasteiger partial charge >= 0.3 is 0 Å². The standard InChI is InChI=1S/C45H30N4/c1-31-11-3-2-4-12-35-13-5-8-16-41(35)48(31)44-26-19-32(29-46)27-40(44)34-22-20-33(21-23-34)36-24-25-37(30-47)45(28-36)49-42-17-9-6-14-38(42)39-15-7-10-18-43(39)49/h2-11,13-28H,1,12H2/b4-2-,11-3-. The van der Waals surface area contributed by atoms with Gasteiger partial charge < -0.3 is 9.47 Å². The fraction of sp³-hybridized carbons (Fsp3) is 0.0222. The Morgan fingerprint density at radius 3 is 1.98 bits per heavy atom. The number of aromatic nitrogens is 1. The molecule has 0 radical (unpaired) electrons. The van der Waals surface area contributed by atoms with Gasteiger partial charge in [0.2, 0.25) is 0 Å². The highest BCUT2D eigenvalue weighted by Crippen LogP contribution is 2.41. The van der Waals surface area contributed by atoms with Crippen molar-refractivity contribution in [3.8, 4) is 40.1 Å². The molecule has 4 heteroatoms. The second-order valence-electron chi connectivity index (χ2n) is 12.1. The van der Waals surface area contributed by atoms with Crippen molar-refractivity contribution in [1.29, 1.82) is 10.5 Å². The second-order valence-corrected chi connectivity index (χ2v) is 12.1.